The first-order chi connectivity index (χ1) is 8.56. The van der Waals surface area contributed by atoms with Gasteiger partial charge >= 0.3 is 0 Å². The zero-order chi connectivity index (χ0) is 12.9. The maximum Gasteiger partial charge on any atom is 0.256 e. The first kappa shape index (κ1) is 11.5. The molecule has 0 aliphatic carbocycles. The smallest absolute Gasteiger partial charge is 0.256 e. The van der Waals surface area contributed by atoms with Crippen LogP contribution in [0.2, 0.25) is 5.02 Å². The number of hydrogen-bond acceptors (Lipinski definition) is 3. The Morgan fingerprint density at radius 2 is 2.17 bits per heavy atom. The molecule has 2 N–H and O–H groups in total. The fourth-order valence-corrected chi connectivity index (χ4v) is 2.64. The third-order valence-electron chi connectivity index (χ3n) is 3.31. The number of nitrogens with one attached hydrogen (secondary N) is 1. The van der Waals surface area contributed by atoms with Gasteiger partial charge in [-0.3, -0.25) is 9.59 Å². The molecule has 2 aliphatic rings. The van der Waals surface area contributed by atoms with Gasteiger partial charge in [0, 0.05) is 18.0 Å². The number of carbonyl (C=O) groups is 2. The molecule has 0 spiro atoms. The summed E-state index contributed by atoms with van der Waals surface area (Å²) < 4.78 is 0. The number of amides is 2. The maximum atomic E-state index is 12.3. The van der Waals surface area contributed by atoms with Gasteiger partial charge in [-0.25, -0.2) is 0 Å². The van der Waals surface area contributed by atoms with Crippen LogP contribution >= 0.6 is 11.6 Å². The normalized spacial score (nSPS) is 26.4. The molecule has 94 valence electrons. The molecule has 1 aromatic rings. The zero-order valence-corrected chi connectivity index (χ0v) is 10.1. The van der Waals surface area contributed by atoms with E-state index in [2.05, 4.69) is 5.32 Å². The third kappa shape index (κ3) is 1.67. The Kier molecular flexibility index (Phi) is 2.53. The highest BCUT2D eigenvalue weighted by molar-refractivity contribution is 6.31. The molecule has 0 aromatic heterocycles. The standard InChI is InChI=1S/C12H11ClN2O3/c13-6-1-2-8-9(3-6)14-11(17)10-4-7(16)5-15(10)12(8)18/h1-3,7,10,16H,4-5H2,(H,14,17)/t7-,10+/m1/s1. The fraction of sp³-hybridized carbons (Fsp3) is 0.333. The molecule has 0 radical (unpaired) electrons. The number of benzene rings is 1. The Morgan fingerprint density at radius 1 is 1.39 bits per heavy atom. The molecule has 2 atom stereocenters. The minimum Gasteiger partial charge on any atom is -0.391 e. The summed E-state index contributed by atoms with van der Waals surface area (Å²) in [6, 6.07) is 4.16. The summed E-state index contributed by atoms with van der Waals surface area (Å²) in [5.74, 6) is -0.525. The Balaban J connectivity index is 2.08. The zero-order valence-electron chi connectivity index (χ0n) is 9.39. The molecule has 0 unspecified atom stereocenters. The van der Waals surface area contributed by atoms with Crippen LogP contribution in [-0.4, -0.2) is 40.5 Å². The molecule has 2 heterocycles. The number of carbonyl (C=O) groups excluding carboxylic acids is 2. The van der Waals surface area contributed by atoms with Crippen LogP contribution in [0.1, 0.15) is 16.8 Å². The molecular weight excluding hydrogens is 256 g/mol. The summed E-state index contributed by atoms with van der Waals surface area (Å²) in [6.45, 7) is 0.193. The second kappa shape index (κ2) is 3.96. The minimum absolute atomic E-state index is 0.193. The van der Waals surface area contributed by atoms with Crippen LogP contribution in [0, 0.1) is 0 Å². The summed E-state index contributed by atoms with van der Waals surface area (Å²) in [5.41, 5.74) is 0.839. The molecule has 0 bridgehead atoms. The summed E-state index contributed by atoms with van der Waals surface area (Å²) in [5, 5.41) is 12.7. The molecule has 6 heteroatoms. The predicted octanol–water partition coefficient (Wildman–Crippen LogP) is 0.867. The van der Waals surface area contributed by atoms with E-state index in [1.807, 2.05) is 0 Å². The number of halogens is 1. The van der Waals surface area contributed by atoms with Crippen LogP contribution in [0.4, 0.5) is 5.69 Å². The molecular formula is C12H11ClN2O3. The van der Waals surface area contributed by atoms with Crippen molar-refractivity contribution < 1.29 is 14.7 Å². The summed E-state index contributed by atoms with van der Waals surface area (Å²) in [7, 11) is 0. The Hall–Kier alpha value is -1.59. The van der Waals surface area contributed by atoms with Crippen molar-refractivity contribution in [3.63, 3.8) is 0 Å². The van der Waals surface area contributed by atoms with E-state index < -0.39 is 12.1 Å². The van der Waals surface area contributed by atoms with Crippen molar-refractivity contribution in [2.45, 2.75) is 18.6 Å². The van der Waals surface area contributed by atoms with Crippen molar-refractivity contribution in [3.05, 3.63) is 28.8 Å². The van der Waals surface area contributed by atoms with Crippen LogP contribution in [0.3, 0.4) is 0 Å². The largest absolute Gasteiger partial charge is 0.391 e. The van der Waals surface area contributed by atoms with Crippen molar-refractivity contribution in [1.29, 1.82) is 0 Å². The van der Waals surface area contributed by atoms with Gasteiger partial charge in [-0.15, -0.1) is 0 Å². The maximum absolute atomic E-state index is 12.3. The number of fused-ring (bicyclic) bond motifs is 2. The first-order valence-corrected chi connectivity index (χ1v) is 6.03. The number of rotatable bonds is 0. The molecule has 1 saturated heterocycles. The van der Waals surface area contributed by atoms with Crippen molar-refractivity contribution in [2.24, 2.45) is 0 Å². The Morgan fingerprint density at radius 3 is 2.94 bits per heavy atom. The van der Waals surface area contributed by atoms with Gasteiger partial charge in [0.2, 0.25) is 5.91 Å². The van der Waals surface area contributed by atoms with Crippen molar-refractivity contribution in [1.82, 2.24) is 4.90 Å². The first-order valence-electron chi connectivity index (χ1n) is 5.65. The second-order valence-electron chi connectivity index (χ2n) is 4.54. The molecule has 5 nitrogen and oxygen atoms in total. The SMILES string of the molecule is O=C1Nc2cc(Cl)ccc2C(=O)N2C[C@H](O)C[C@@H]12. The van der Waals surface area contributed by atoms with E-state index in [4.69, 9.17) is 11.6 Å². The summed E-state index contributed by atoms with van der Waals surface area (Å²) in [4.78, 5) is 25.7. The lowest BCUT2D eigenvalue weighted by Gasteiger charge is -2.19. The minimum atomic E-state index is -0.640. The highest BCUT2D eigenvalue weighted by Gasteiger charge is 2.42. The topological polar surface area (TPSA) is 69.6 Å². The number of anilines is 1. The lowest BCUT2D eigenvalue weighted by atomic mass is 10.1. The molecule has 1 aromatic carbocycles. The summed E-state index contributed by atoms with van der Waals surface area (Å²) >= 11 is 5.85. The average molecular weight is 267 g/mol. The Labute approximate surface area is 108 Å². The number of aliphatic hydroxyl groups excluding tert-OH is 1. The van der Waals surface area contributed by atoms with E-state index in [-0.39, 0.29) is 24.8 Å². The van der Waals surface area contributed by atoms with E-state index in [0.29, 0.717) is 16.3 Å². The van der Waals surface area contributed by atoms with Crippen LogP contribution in [0.5, 0.6) is 0 Å². The van der Waals surface area contributed by atoms with Gasteiger partial charge in [0.25, 0.3) is 5.91 Å². The van der Waals surface area contributed by atoms with Crippen LogP contribution in [-0.2, 0) is 4.79 Å². The number of nitrogens with zero attached hydrogens (tertiary/aromatic N) is 1. The summed E-state index contributed by atoms with van der Waals surface area (Å²) in [6.07, 6.45) is -0.363. The van der Waals surface area contributed by atoms with Crippen molar-refractivity contribution in [3.8, 4) is 0 Å². The number of hydrogen-bond donors (Lipinski definition) is 2. The molecule has 18 heavy (non-hydrogen) atoms. The fourth-order valence-electron chi connectivity index (χ4n) is 2.46. The van der Waals surface area contributed by atoms with E-state index in [9.17, 15) is 14.7 Å². The number of aliphatic hydroxyl groups is 1. The van der Waals surface area contributed by atoms with Gasteiger partial charge in [0.05, 0.1) is 17.4 Å². The highest BCUT2D eigenvalue weighted by Crippen LogP contribution is 2.30. The molecule has 2 amide bonds. The van der Waals surface area contributed by atoms with Crippen LogP contribution in [0.25, 0.3) is 0 Å². The van der Waals surface area contributed by atoms with Crippen molar-refractivity contribution in [2.75, 3.05) is 11.9 Å². The average Bonchev–Trinajstić information content (AvgIpc) is 2.67. The molecule has 3 rings (SSSR count). The predicted molar refractivity (Wildman–Crippen MR) is 65.5 cm³/mol. The van der Waals surface area contributed by atoms with Crippen LogP contribution < -0.4 is 5.32 Å². The third-order valence-corrected chi connectivity index (χ3v) is 3.55. The van der Waals surface area contributed by atoms with Crippen molar-refractivity contribution >= 4 is 29.1 Å². The van der Waals surface area contributed by atoms with Gasteiger partial charge in [0.1, 0.15) is 6.04 Å². The monoisotopic (exact) mass is 266 g/mol. The second-order valence-corrected chi connectivity index (χ2v) is 4.98. The van der Waals surface area contributed by atoms with Gasteiger partial charge in [0.15, 0.2) is 0 Å². The van der Waals surface area contributed by atoms with Gasteiger partial charge < -0.3 is 15.3 Å². The molecule has 2 aliphatic heterocycles. The molecule has 0 saturated carbocycles. The van der Waals surface area contributed by atoms with Gasteiger partial charge in [-0.2, -0.15) is 0 Å². The van der Waals surface area contributed by atoms with E-state index in [1.165, 1.54) is 4.90 Å². The van der Waals surface area contributed by atoms with E-state index in [1.54, 1.807) is 18.2 Å². The van der Waals surface area contributed by atoms with E-state index >= 15 is 0 Å². The quantitative estimate of drug-likeness (QED) is 0.732. The highest BCUT2D eigenvalue weighted by atomic mass is 35.5. The lowest BCUT2D eigenvalue weighted by molar-refractivity contribution is -0.119. The van der Waals surface area contributed by atoms with Crippen LogP contribution in [0.15, 0.2) is 18.2 Å². The van der Waals surface area contributed by atoms with Gasteiger partial charge in [-0.05, 0) is 18.2 Å². The van der Waals surface area contributed by atoms with E-state index in [0.717, 1.165) is 0 Å². The molecule has 1 fully saturated rings. The Bertz CT molecular complexity index is 546. The lowest BCUT2D eigenvalue weighted by Crippen LogP contribution is -2.40. The van der Waals surface area contributed by atoms with Gasteiger partial charge in [-0.1, -0.05) is 11.6 Å².